The molecule has 0 bridgehead atoms. The zero-order chi connectivity index (χ0) is 18.8. The number of nitrogens with zero attached hydrogens (tertiary/aromatic N) is 4. The number of nitrogens with one attached hydrogen (secondary N) is 1. The molecule has 0 unspecified atom stereocenters. The fourth-order valence-electron chi connectivity index (χ4n) is 2.82. The van der Waals surface area contributed by atoms with Crippen LogP contribution < -0.4 is 5.32 Å². The third-order valence-corrected chi connectivity index (χ3v) is 4.73. The molecule has 0 fully saturated rings. The van der Waals surface area contributed by atoms with Crippen LogP contribution in [0.15, 0.2) is 30.5 Å². The van der Waals surface area contributed by atoms with Crippen molar-refractivity contribution >= 4 is 45.8 Å². The average Bonchev–Trinajstić information content (AvgIpc) is 2.85. The molecule has 2 heterocycles. The third-order valence-electron chi connectivity index (χ3n) is 3.99. The molecule has 1 amide bonds. The van der Waals surface area contributed by atoms with Crippen LogP contribution in [0.5, 0.6) is 0 Å². The van der Waals surface area contributed by atoms with Crippen LogP contribution in [0.1, 0.15) is 11.3 Å². The summed E-state index contributed by atoms with van der Waals surface area (Å²) in [5.41, 5.74) is 3.44. The number of hydrogen-bond acceptors (Lipinski definition) is 4. The van der Waals surface area contributed by atoms with E-state index in [4.69, 9.17) is 23.2 Å². The number of amides is 1. The van der Waals surface area contributed by atoms with Gasteiger partial charge >= 0.3 is 0 Å². The number of aromatic nitrogens is 3. The first kappa shape index (κ1) is 18.6. The molecule has 2 aromatic heterocycles. The molecule has 0 spiro atoms. The van der Waals surface area contributed by atoms with Crippen molar-refractivity contribution in [1.82, 2.24) is 19.7 Å². The summed E-state index contributed by atoms with van der Waals surface area (Å²) in [6.07, 6.45) is 1.82. The molecule has 0 atom stereocenters. The standard InChI is InChI=1S/C18H19Cl2N5O/c1-11-14-6-12(8-21-18(14)25(3)23-11)9-24(2)10-17(26)22-13-4-5-15(19)16(20)7-13/h4-8H,9-10H2,1-3H3,(H,22,26). The highest BCUT2D eigenvalue weighted by Crippen LogP contribution is 2.25. The summed E-state index contributed by atoms with van der Waals surface area (Å²) in [5.74, 6) is -0.127. The molecule has 0 aliphatic heterocycles. The molecular formula is C18H19Cl2N5O. The van der Waals surface area contributed by atoms with E-state index in [1.165, 1.54) is 0 Å². The van der Waals surface area contributed by atoms with Gasteiger partial charge in [0.15, 0.2) is 5.65 Å². The van der Waals surface area contributed by atoms with E-state index in [2.05, 4.69) is 21.5 Å². The minimum absolute atomic E-state index is 0.127. The molecule has 6 nitrogen and oxygen atoms in total. The topological polar surface area (TPSA) is 63.1 Å². The lowest BCUT2D eigenvalue weighted by Crippen LogP contribution is -2.29. The van der Waals surface area contributed by atoms with Gasteiger partial charge in [0, 0.05) is 30.9 Å². The third kappa shape index (κ3) is 4.15. The summed E-state index contributed by atoms with van der Waals surface area (Å²) in [5, 5.41) is 9.08. The van der Waals surface area contributed by atoms with Gasteiger partial charge in [-0.1, -0.05) is 23.2 Å². The van der Waals surface area contributed by atoms with E-state index < -0.39 is 0 Å². The Balaban J connectivity index is 1.62. The Bertz CT molecular complexity index is 970. The largest absolute Gasteiger partial charge is 0.325 e. The maximum absolute atomic E-state index is 12.2. The molecular weight excluding hydrogens is 373 g/mol. The first-order valence-electron chi connectivity index (χ1n) is 8.05. The molecule has 1 N–H and O–H groups in total. The van der Waals surface area contributed by atoms with Gasteiger partial charge in [0.2, 0.25) is 5.91 Å². The van der Waals surface area contributed by atoms with Crippen LogP contribution in [0.4, 0.5) is 5.69 Å². The summed E-state index contributed by atoms with van der Waals surface area (Å²) in [6, 6.07) is 7.07. The van der Waals surface area contributed by atoms with E-state index in [0.717, 1.165) is 22.3 Å². The van der Waals surface area contributed by atoms with Crippen molar-refractivity contribution in [2.45, 2.75) is 13.5 Å². The number of carbonyl (C=O) groups excluding carboxylic acids is 1. The van der Waals surface area contributed by atoms with E-state index in [1.54, 1.807) is 22.9 Å². The SMILES string of the molecule is Cc1nn(C)c2ncc(CN(C)CC(=O)Nc3ccc(Cl)c(Cl)c3)cc12. The van der Waals surface area contributed by atoms with Crippen molar-refractivity contribution < 1.29 is 4.79 Å². The Morgan fingerprint density at radius 2 is 2.04 bits per heavy atom. The van der Waals surface area contributed by atoms with E-state index in [9.17, 15) is 4.79 Å². The predicted octanol–water partition coefficient (Wildman–Crippen LogP) is 3.65. The number of pyridine rings is 1. The van der Waals surface area contributed by atoms with Crippen molar-refractivity contribution in [1.29, 1.82) is 0 Å². The van der Waals surface area contributed by atoms with Gasteiger partial charge in [-0.3, -0.25) is 14.4 Å². The predicted molar refractivity (Wildman–Crippen MR) is 105 cm³/mol. The minimum Gasteiger partial charge on any atom is -0.325 e. The second-order valence-corrected chi connectivity index (χ2v) is 7.09. The average molecular weight is 392 g/mol. The second-order valence-electron chi connectivity index (χ2n) is 6.27. The molecule has 1 aromatic carbocycles. The fourth-order valence-corrected chi connectivity index (χ4v) is 3.12. The Morgan fingerprint density at radius 1 is 1.27 bits per heavy atom. The van der Waals surface area contributed by atoms with Crippen LogP contribution in [0.25, 0.3) is 11.0 Å². The van der Waals surface area contributed by atoms with Gasteiger partial charge in [0.25, 0.3) is 0 Å². The van der Waals surface area contributed by atoms with Gasteiger partial charge in [0.05, 0.1) is 22.3 Å². The quantitative estimate of drug-likeness (QED) is 0.720. The summed E-state index contributed by atoms with van der Waals surface area (Å²) in [7, 11) is 3.76. The summed E-state index contributed by atoms with van der Waals surface area (Å²) >= 11 is 11.8. The van der Waals surface area contributed by atoms with E-state index in [0.29, 0.717) is 22.3 Å². The number of hydrogen-bond donors (Lipinski definition) is 1. The number of benzene rings is 1. The first-order valence-corrected chi connectivity index (χ1v) is 8.81. The first-order chi connectivity index (χ1) is 12.3. The molecule has 3 rings (SSSR count). The van der Waals surface area contributed by atoms with Gasteiger partial charge < -0.3 is 5.32 Å². The van der Waals surface area contributed by atoms with Crippen molar-refractivity contribution in [2.75, 3.05) is 18.9 Å². The number of aryl methyl sites for hydroxylation is 2. The number of rotatable bonds is 5. The van der Waals surface area contributed by atoms with Crippen LogP contribution in [0.2, 0.25) is 10.0 Å². The molecule has 0 radical (unpaired) electrons. The van der Waals surface area contributed by atoms with Gasteiger partial charge in [-0.15, -0.1) is 0 Å². The van der Waals surface area contributed by atoms with Crippen LogP contribution in [-0.4, -0.2) is 39.2 Å². The molecule has 0 saturated heterocycles. The number of likely N-dealkylation sites (N-methyl/N-ethyl adjacent to an activating group) is 1. The zero-order valence-electron chi connectivity index (χ0n) is 14.8. The summed E-state index contributed by atoms with van der Waals surface area (Å²) in [6.45, 7) is 2.80. The Morgan fingerprint density at radius 3 is 2.77 bits per heavy atom. The minimum atomic E-state index is -0.127. The molecule has 136 valence electrons. The van der Waals surface area contributed by atoms with Crippen LogP contribution in [-0.2, 0) is 18.4 Å². The van der Waals surface area contributed by atoms with Crippen molar-refractivity contribution in [3.63, 3.8) is 0 Å². The lowest BCUT2D eigenvalue weighted by molar-refractivity contribution is -0.117. The van der Waals surface area contributed by atoms with E-state index >= 15 is 0 Å². The summed E-state index contributed by atoms with van der Waals surface area (Å²) in [4.78, 5) is 18.6. The normalized spacial score (nSPS) is 11.3. The Hall–Kier alpha value is -2.15. The monoisotopic (exact) mass is 391 g/mol. The number of anilines is 1. The molecule has 0 saturated carbocycles. The highest BCUT2D eigenvalue weighted by atomic mass is 35.5. The maximum Gasteiger partial charge on any atom is 0.238 e. The molecule has 0 aliphatic rings. The summed E-state index contributed by atoms with van der Waals surface area (Å²) < 4.78 is 1.77. The Labute approximate surface area is 161 Å². The van der Waals surface area contributed by atoms with Crippen LogP contribution >= 0.6 is 23.2 Å². The van der Waals surface area contributed by atoms with Crippen LogP contribution in [0, 0.1) is 6.92 Å². The molecule has 0 aliphatic carbocycles. The van der Waals surface area contributed by atoms with Crippen molar-refractivity contribution in [3.05, 3.63) is 51.8 Å². The lowest BCUT2D eigenvalue weighted by atomic mass is 10.2. The molecule has 3 aromatic rings. The number of halogens is 2. The lowest BCUT2D eigenvalue weighted by Gasteiger charge is -2.16. The molecule has 8 heteroatoms. The Kier molecular flexibility index (Phi) is 5.46. The number of carbonyl (C=O) groups is 1. The van der Waals surface area contributed by atoms with Crippen molar-refractivity contribution in [3.8, 4) is 0 Å². The zero-order valence-corrected chi connectivity index (χ0v) is 16.3. The highest BCUT2D eigenvalue weighted by molar-refractivity contribution is 6.42. The van der Waals surface area contributed by atoms with Gasteiger partial charge in [-0.2, -0.15) is 5.10 Å². The van der Waals surface area contributed by atoms with E-state index in [1.807, 2.05) is 32.1 Å². The van der Waals surface area contributed by atoms with Gasteiger partial charge in [-0.25, -0.2) is 4.98 Å². The van der Waals surface area contributed by atoms with Gasteiger partial charge in [-0.05, 0) is 43.8 Å². The van der Waals surface area contributed by atoms with E-state index in [-0.39, 0.29) is 12.5 Å². The van der Waals surface area contributed by atoms with Crippen LogP contribution in [0.3, 0.4) is 0 Å². The van der Waals surface area contributed by atoms with Crippen molar-refractivity contribution in [2.24, 2.45) is 7.05 Å². The fraction of sp³-hybridized carbons (Fsp3) is 0.278. The molecule has 26 heavy (non-hydrogen) atoms. The maximum atomic E-state index is 12.2. The second kappa shape index (κ2) is 7.61. The highest BCUT2D eigenvalue weighted by Gasteiger charge is 2.11. The van der Waals surface area contributed by atoms with Gasteiger partial charge in [0.1, 0.15) is 0 Å². The number of fused-ring (bicyclic) bond motifs is 1. The smallest absolute Gasteiger partial charge is 0.238 e.